The van der Waals surface area contributed by atoms with Crippen molar-refractivity contribution in [2.75, 3.05) is 38.2 Å². The molecule has 1 heterocycles. The van der Waals surface area contributed by atoms with Crippen LogP contribution in [0.2, 0.25) is 5.02 Å². The summed E-state index contributed by atoms with van der Waals surface area (Å²) in [6.45, 7) is 1.74. The van der Waals surface area contributed by atoms with Crippen molar-refractivity contribution in [3.05, 3.63) is 58.6 Å². The van der Waals surface area contributed by atoms with E-state index in [1.54, 1.807) is 42.3 Å². The van der Waals surface area contributed by atoms with E-state index in [2.05, 4.69) is 0 Å². The van der Waals surface area contributed by atoms with Crippen molar-refractivity contribution in [2.45, 2.75) is 6.18 Å². The van der Waals surface area contributed by atoms with Crippen molar-refractivity contribution in [2.24, 2.45) is 0 Å². The van der Waals surface area contributed by atoms with E-state index in [1.807, 2.05) is 4.90 Å². The average Bonchev–Trinajstić information content (AvgIpc) is 2.67. The van der Waals surface area contributed by atoms with E-state index in [0.717, 1.165) is 6.07 Å². The molecule has 0 aromatic heterocycles. The minimum Gasteiger partial charge on any atom is -0.497 e. The summed E-state index contributed by atoms with van der Waals surface area (Å²) in [5.41, 5.74) is 0.150. The molecule has 1 amide bonds. The Morgan fingerprint density at radius 1 is 1.04 bits per heavy atom. The largest absolute Gasteiger partial charge is 0.497 e. The highest BCUT2D eigenvalue weighted by atomic mass is 35.5. The molecule has 0 atom stereocenters. The molecule has 0 bridgehead atoms. The monoisotopic (exact) mass is 398 g/mol. The van der Waals surface area contributed by atoms with Gasteiger partial charge in [-0.1, -0.05) is 11.6 Å². The third kappa shape index (κ3) is 4.30. The van der Waals surface area contributed by atoms with Gasteiger partial charge in [0.15, 0.2) is 0 Å². The molecule has 3 rings (SSSR count). The Labute approximate surface area is 160 Å². The molecule has 8 heteroatoms. The zero-order valence-electron chi connectivity index (χ0n) is 14.6. The summed E-state index contributed by atoms with van der Waals surface area (Å²) in [4.78, 5) is 16.1. The highest BCUT2D eigenvalue weighted by Crippen LogP contribution is 2.37. The van der Waals surface area contributed by atoms with Crippen LogP contribution in [0, 0.1) is 0 Å². The maximum atomic E-state index is 13.0. The van der Waals surface area contributed by atoms with E-state index in [0.29, 0.717) is 43.2 Å². The number of hydrogen-bond acceptors (Lipinski definition) is 3. The first-order chi connectivity index (χ1) is 12.8. The molecule has 0 spiro atoms. The van der Waals surface area contributed by atoms with Crippen LogP contribution in [0.15, 0.2) is 42.5 Å². The highest BCUT2D eigenvalue weighted by molar-refractivity contribution is 6.31. The van der Waals surface area contributed by atoms with Crippen molar-refractivity contribution in [1.29, 1.82) is 0 Å². The Hall–Kier alpha value is -2.41. The van der Waals surface area contributed by atoms with Gasteiger partial charge in [0.05, 0.1) is 17.7 Å². The van der Waals surface area contributed by atoms with E-state index >= 15 is 0 Å². The lowest BCUT2D eigenvalue weighted by Crippen LogP contribution is -2.48. The molecule has 0 radical (unpaired) electrons. The molecular formula is C19H18ClF3N2O2. The molecule has 0 N–H and O–H groups in total. The summed E-state index contributed by atoms with van der Waals surface area (Å²) in [6.07, 6.45) is -4.50. The lowest BCUT2D eigenvalue weighted by atomic mass is 10.1. The van der Waals surface area contributed by atoms with Crippen molar-refractivity contribution < 1.29 is 22.7 Å². The summed E-state index contributed by atoms with van der Waals surface area (Å²) >= 11 is 5.67. The molecule has 0 aliphatic carbocycles. The van der Waals surface area contributed by atoms with Gasteiger partial charge in [-0.15, -0.1) is 0 Å². The SMILES string of the molecule is COc1ccc(C(=O)N2CCN(c3ccc(Cl)c(C(F)(F)F)c3)CC2)cc1. The minimum absolute atomic E-state index is 0.107. The Kier molecular flexibility index (Phi) is 5.51. The van der Waals surface area contributed by atoms with Crippen LogP contribution in [0.25, 0.3) is 0 Å². The molecule has 1 aliphatic heterocycles. The fourth-order valence-electron chi connectivity index (χ4n) is 3.01. The number of benzene rings is 2. The first-order valence-electron chi connectivity index (χ1n) is 8.34. The number of rotatable bonds is 3. The number of methoxy groups -OCH3 is 1. The maximum Gasteiger partial charge on any atom is 0.417 e. The summed E-state index contributed by atoms with van der Waals surface area (Å²) in [5.74, 6) is 0.559. The number of carbonyl (C=O) groups is 1. The maximum absolute atomic E-state index is 13.0. The Morgan fingerprint density at radius 3 is 2.22 bits per heavy atom. The zero-order chi connectivity index (χ0) is 19.6. The molecule has 1 fully saturated rings. The van der Waals surface area contributed by atoms with Gasteiger partial charge in [-0.2, -0.15) is 13.2 Å². The molecule has 0 saturated carbocycles. The third-order valence-electron chi connectivity index (χ3n) is 4.52. The fraction of sp³-hybridized carbons (Fsp3) is 0.316. The summed E-state index contributed by atoms with van der Waals surface area (Å²) in [7, 11) is 1.55. The average molecular weight is 399 g/mol. The number of carbonyl (C=O) groups excluding carboxylic acids is 1. The van der Waals surface area contributed by atoms with Gasteiger partial charge in [-0.25, -0.2) is 0 Å². The van der Waals surface area contributed by atoms with Crippen LogP contribution in [0.4, 0.5) is 18.9 Å². The van der Waals surface area contributed by atoms with E-state index in [-0.39, 0.29) is 10.9 Å². The van der Waals surface area contributed by atoms with Gasteiger partial charge < -0.3 is 14.5 Å². The quantitative estimate of drug-likeness (QED) is 0.771. The molecule has 0 unspecified atom stereocenters. The van der Waals surface area contributed by atoms with Gasteiger partial charge in [0, 0.05) is 37.4 Å². The van der Waals surface area contributed by atoms with Crippen LogP contribution in [0.5, 0.6) is 5.75 Å². The van der Waals surface area contributed by atoms with Gasteiger partial charge >= 0.3 is 6.18 Å². The van der Waals surface area contributed by atoms with Crippen LogP contribution < -0.4 is 9.64 Å². The molecule has 27 heavy (non-hydrogen) atoms. The Bertz CT molecular complexity index is 817. The fourth-order valence-corrected chi connectivity index (χ4v) is 3.24. The third-order valence-corrected chi connectivity index (χ3v) is 4.85. The van der Waals surface area contributed by atoms with Crippen LogP contribution in [0.3, 0.4) is 0 Å². The molecule has 4 nitrogen and oxygen atoms in total. The molecule has 2 aromatic rings. The molecule has 144 valence electrons. The Morgan fingerprint density at radius 2 is 1.67 bits per heavy atom. The normalized spacial score (nSPS) is 15.0. The van der Waals surface area contributed by atoms with Crippen LogP contribution >= 0.6 is 11.6 Å². The van der Waals surface area contributed by atoms with E-state index in [1.165, 1.54) is 6.07 Å². The molecular weight excluding hydrogens is 381 g/mol. The van der Waals surface area contributed by atoms with Gasteiger partial charge in [-0.05, 0) is 42.5 Å². The van der Waals surface area contributed by atoms with Gasteiger partial charge in [0.1, 0.15) is 5.75 Å². The number of amides is 1. The first kappa shape index (κ1) is 19.4. The van der Waals surface area contributed by atoms with Crippen molar-refractivity contribution in [3.8, 4) is 5.75 Å². The molecule has 1 aliphatic rings. The number of alkyl halides is 3. The smallest absolute Gasteiger partial charge is 0.417 e. The van der Waals surface area contributed by atoms with Gasteiger partial charge in [0.25, 0.3) is 5.91 Å². The van der Waals surface area contributed by atoms with E-state index < -0.39 is 11.7 Å². The minimum atomic E-state index is -4.50. The number of ether oxygens (including phenoxy) is 1. The molecule has 2 aromatic carbocycles. The van der Waals surface area contributed by atoms with E-state index in [9.17, 15) is 18.0 Å². The van der Waals surface area contributed by atoms with Gasteiger partial charge in [0.2, 0.25) is 0 Å². The summed E-state index contributed by atoms with van der Waals surface area (Å²) in [6, 6.07) is 10.7. The first-order valence-corrected chi connectivity index (χ1v) is 8.72. The summed E-state index contributed by atoms with van der Waals surface area (Å²) in [5, 5.41) is -0.320. The molecule has 1 saturated heterocycles. The van der Waals surface area contributed by atoms with Crippen LogP contribution in [0.1, 0.15) is 15.9 Å². The van der Waals surface area contributed by atoms with E-state index in [4.69, 9.17) is 16.3 Å². The lowest BCUT2D eigenvalue weighted by Gasteiger charge is -2.36. The van der Waals surface area contributed by atoms with Crippen molar-refractivity contribution in [3.63, 3.8) is 0 Å². The number of nitrogens with zero attached hydrogens (tertiary/aromatic N) is 2. The summed E-state index contributed by atoms with van der Waals surface area (Å²) < 4.78 is 44.2. The number of halogens is 4. The van der Waals surface area contributed by atoms with Crippen LogP contribution in [-0.4, -0.2) is 44.1 Å². The predicted octanol–water partition coefficient (Wildman–Crippen LogP) is 4.33. The standard InChI is InChI=1S/C19H18ClF3N2O2/c1-27-15-5-2-13(3-6-15)18(26)25-10-8-24(9-11-25)14-4-7-17(20)16(12-14)19(21,22)23/h2-7,12H,8-11H2,1H3. The number of piperazine rings is 1. The second kappa shape index (κ2) is 7.68. The zero-order valence-corrected chi connectivity index (χ0v) is 15.3. The number of hydrogen-bond donors (Lipinski definition) is 0. The predicted molar refractivity (Wildman–Crippen MR) is 97.6 cm³/mol. The lowest BCUT2D eigenvalue weighted by molar-refractivity contribution is -0.137. The van der Waals surface area contributed by atoms with Gasteiger partial charge in [-0.3, -0.25) is 4.79 Å². The van der Waals surface area contributed by atoms with Crippen molar-refractivity contribution >= 4 is 23.2 Å². The van der Waals surface area contributed by atoms with Crippen LogP contribution in [-0.2, 0) is 6.18 Å². The number of anilines is 1. The second-order valence-corrected chi connectivity index (χ2v) is 6.58. The van der Waals surface area contributed by atoms with Crippen molar-refractivity contribution in [1.82, 2.24) is 4.90 Å². The topological polar surface area (TPSA) is 32.8 Å². The highest BCUT2D eigenvalue weighted by Gasteiger charge is 2.34. The second-order valence-electron chi connectivity index (χ2n) is 6.17. The Balaban J connectivity index is 1.67.